The first-order valence-electron chi connectivity index (χ1n) is 10.8. The second-order valence-corrected chi connectivity index (χ2v) is 8.48. The number of amides is 2. The zero-order valence-corrected chi connectivity index (χ0v) is 19.2. The number of aliphatic hydroxyl groups is 1. The van der Waals surface area contributed by atoms with Crippen molar-refractivity contribution >= 4 is 17.8 Å². The van der Waals surface area contributed by atoms with Gasteiger partial charge < -0.3 is 20.9 Å². The number of carbonyl (C=O) groups is 1. The molecule has 2 amide bonds. The number of fused-ring (bicyclic) bond motifs is 1. The van der Waals surface area contributed by atoms with Gasteiger partial charge in [-0.2, -0.15) is 17.6 Å². The summed E-state index contributed by atoms with van der Waals surface area (Å²) in [6.07, 6.45) is -3.09. The summed E-state index contributed by atoms with van der Waals surface area (Å²) in [5.41, 5.74) is 7.02. The average Bonchev–Trinajstić information content (AvgIpc) is 2.80. The van der Waals surface area contributed by atoms with Crippen molar-refractivity contribution < 1.29 is 36.6 Å². The van der Waals surface area contributed by atoms with E-state index in [4.69, 9.17) is 10.5 Å². The molecule has 3 rings (SSSR count). The molecule has 2 aromatic rings. The van der Waals surface area contributed by atoms with Gasteiger partial charge in [-0.1, -0.05) is 26.0 Å². The molecule has 0 bridgehead atoms. The van der Waals surface area contributed by atoms with Crippen molar-refractivity contribution in [2.24, 2.45) is 17.6 Å². The summed E-state index contributed by atoms with van der Waals surface area (Å²) in [5, 5.41) is 13.8. The Hall–Kier alpha value is -3.34. The fourth-order valence-corrected chi connectivity index (χ4v) is 4.17. The molecule has 0 unspecified atom stereocenters. The molecule has 0 spiro atoms. The predicted molar refractivity (Wildman–Crippen MR) is 120 cm³/mol. The third kappa shape index (κ3) is 5.50. The molecular formula is C24H26F5N3O3. The topological polar surface area (TPSA) is 87.8 Å². The number of nitrogens with zero attached hydrogens (tertiary/aromatic N) is 1. The molecule has 2 aromatic carbocycles. The number of aliphatic hydroxyl groups excluding tert-OH is 1. The molecule has 0 saturated carbocycles. The van der Waals surface area contributed by atoms with Crippen LogP contribution in [-0.4, -0.2) is 35.6 Å². The van der Waals surface area contributed by atoms with Gasteiger partial charge in [-0.3, -0.25) is 4.90 Å². The number of halogens is 5. The highest BCUT2D eigenvalue weighted by atomic mass is 19.4. The summed E-state index contributed by atoms with van der Waals surface area (Å²) in [5.74, 6) is -7.61. The van der Waals surface area contributed by atoms with E-state index >= 15 is 0 Å². The number of urea groups is 1. The van der Waals surface area contributed by atoms with Crippen molar-refractivity contribution in [2.75, 3.05) is 12.4 Å². The Bertz CT molecular complexity index is 1120. The number of benzene rings is 2. The van der Waals surface area contributed by atoms with E-state index in [9.17, 15) is 31.9 Å². The Balaban J connectivity index is 1.98. The quantitative estimate of drug-likeness (QED) is 0.362. The smallest absolute Gasteiger partial charge is 0.391 e. The molecular weight excluding hydrogens is 473 g/mol. The van der Waals surface area contributed by atoms with Crippen LogP contribution in [0.25, 0.3) is 6.08 Å². The third-order valence-electron chi connectivity index (χ3n) is 6.37. The summed E-state index contributed by atoms with van der Waals surface area (Å²) in [6, 6.07) is 6.17. The highest BCUT2D eigenvalue weighted by Gasteiger charge is 2.45. The Morgan fingerprint density at radius 2 is 1.89 bits per heavy atom. The van der Waals surface area contributed by atoms with E-state index in [-0.39, 0.29) is 12.1 Å². The van der Waals surface area contributed by atoms with Crippen LogP contribution in [0.15, 0.2) is 36.5 Å². The van der Waals surface area contributed by atoms with E-state index in [1.54, 1.807) is 24.3 Å². The minimum absolute atomic E-state index is 0.107. The van der Waals surface area contributed by atoms with E-state index in [1.165, 1.54) is 18.0 Å². The molecule has 1 aliphatic rings. The van der Waals surface area contributed by atoms with Gasteiger partial charge in [-0.25, -0.2) is 9.18 Å². The summed E-state index contributed by atoms with van der Waals surface area (Å²) in [7, 11) is 1.07. The van der Waals surface area contributed by atoms with Gasteiger partial charge in [0.15, 0.2) is 11.6 Å². The standard InChI is InChI=1S/C24H26F5N3O3/c1-12(13(2)24(27,28)29)19(17-6-7-18(25)20(26)21(17)35-3)22(33)31-16-5-4-15-11-32(23(30)34)9-8-14(15)10-16/h4-10,12-13,19,22,31,33H,11H2,1-3H3,(H2,30,34)/t12-,13-,19+,22-/m1/s1. The molecule has 4 atom stereocenters. The zero-order chi connectivity index (χ0) is 26.1. The van der Waals surface area contributed by atoms with Gasteiger partial charge in [0.2, 0.25) is 5.82 Å². The van der Waals surface area contributed by atoms with Crippen LogP contribution >= 0.6 is 0 Å². The van der Waals surface area contributed by atoms with Crippen molar-refractivity contribution in [2.45, 2.75) is 38.7 Å². The molecule has 6 nitrogen and oxygen atoms in total. The lowest BCUT2D eigenvalue weighted by Crippen LogP contribution is -2.38. The van der Waals surface area contributed by atoms with Gasteiger partial charge in [0, 0.05) is 23.4 Å². The van der Waals surface area contributed by atoms with E-state index < -0.39 is 53.6 Å². The maximum absolute atomic E-state index is 14.4. The first-order valence-corrected chi connectivity index (χ1v) is 10.8. The van der Waals surface area contributed by atoms with E-state index in [0.717, 1.165) is 31.7 Å². The number of ether oxygens (including phenoxy) is 1. The molecule has 0 aliphatic carbocycles. The van der Waals surface area contributed by atoms with Crippen LogP contribution in [0.4, 0.5) is 32.4 Å². The van der Waals surface area contributed by atoms with Crippen LogP contribution in [0, 0.1) is 23.5 Å². The summed E-state index contributed by atoms with van der Waals surface area (Å²) >= 11 is 0. The Morgan fingerprint density at radius 1 is 1.20 bits per heavy atom. The molecule has 4 N–H and O–H groups in total. The summed E-state index contributed by atoms with van der Waals surface area (Å²) in [4.78, 5) is 12.7. The molecule has 1 heterocycles. The lowest BCUT2D eigenvalue weighted by molar-refractivity contribution is -0.185. The minimum Gasteiger partial charge on any atom is -0.493 e. The number of alkyl halides is 3. The molecule has 0 fully saturated rings. The molecule has 11 heteroatoms. The van der Waals surface area contributed by atoms with Gasteiger partial charge in [0.25, 0.3) is 0 Å². The highest BCUT2D eigenvalue weighted by molar-refractivity contribution is 5.76. The van der Waals surface area contributed by atoms with Crippen molar-refractivity contribution in [3.05, 3.63) is 64.9 Å². The third-order valence-corrected chi connectivity index (χ3v) is 6.37. The van der Waals surface area contributed by atoms with E-state index in [2.05, 4.69) is 5.32 Å². The molecule has 190 valence electrons. The Morgan fingerprint density at radius 3 is 2.49 bits per heavy atom. The van der Waals surface area contributed by atoms with Crippen LogP contribution < -0.4 is 15.8 Å². The van der Waals surface area contributed by atoms with Crippen LogP contribution in [0.5, 0.6) is 5.75 Å². The van der Waals surface area contributed by atoms with Crippen molar-refractivity contribution in [1.82, 2.24) is 4.90 Å². The largest absolute Gasteiger partial charge is 0.493 e. The van der Waals surface area contributed by atoms with Crippen LogP contribution in [0.1, 0.15) is 36.5 Å². The average molecular weight is 499 g/mol. The van der Waals surface area contributed by atoms with Gasteiger partial charge in [0.05, 0.1) is 19.6 Å². The number of rotatable bonds is 7. The number of methoxy groups -OCH3 is 1. The fourth-order valence-electron chi connectivity index (χ4n) is 4.17. The maximum Gasteiger partial charge on any atom is 0.391 e. The lowest BCUT2D eigenvalue weighted by Gasteiger charge is -2.35. The SMILES string of the molecule is COc1c([C@H]([C@H](C)[C@@H](C)C(F)(F)F)[C@@H](O)Nc2ccc3c(c2)C=CN(C(N)=O)C3)ccc(F)c1F. The number of primary amides is 1. The number of hydrogen-bond donors (Lipinski definition) is 3. The lowest BCUT2D eigenvalue weighted by atomic mass is 9.77. The number of hydrogen-bond acceptors (Lipinski definition) is 4. The zero-order valence-electron chi connectivity index (χ0n) is 19.2. The van der Waals surface area contributed by atoms with Crippen LogP contribution in [-0.2, 0) is 6.54 Å². The monoisotopic (exact) mass is 499 g/mol. The Labute approximate surface area is 199 Å². The maximum atomic E-state index is 14.4. The van der Waals surface area contributed by atoms with Crippen molar-refractivity contribution in [1.29, 1.82) is 0 Å². The van der Waals surface area contributed by atoms with E-state index in [0.29, 0.717) is 11.3 Å². The molecule has 1 aliphatic heterocycles. The van der Waals surface area contributed by atoms with Crippen LogP contribution in [0.2, 0.25) is 0 Å². The van der Waals surface area contributed by atoms with Gasteiger partial charge in [-0.05, 0) is 41.3 Å². The van der Waals surface area contributed by atoms with Crippen molar-refractivity contribution in [3.63, 3.8) is 0 Å². The second kappa shape index (κ2) is 10.1. The number of anilines is 1. The molecule has 0 radical (unpaired) electrons. The summed E-state index contributed by atoms with van der Waals surface area (Å²) < 4.78 is 73.9. The van der Waals surface area contributed by atoms with Gasteiger partial charge in [-0.15, -0.1) is 0 Å². The Kier molecular flexibility index (Phi) is 7.59. The normalized spacial score (nSPS) is 16.8. The number of nitrogens with one attached hydrogen (secondary N) is 1. The second-order valence-electron chi connectivity index (χ2n) is 8.48. The van der Waals surface area contributed by atoms with Gasteiger partial charge >= 0.3 is 12.2 Å². The van der Waals surface area contributed by atoms with Gasteiger partial charge in [0.1, 0.15) is 6.23 Å². The number of nitrogens with two attached hydrogens (primary N) is 1. The summed E-state index contributed by atoms with van der Waals surface area (Å²) in [6.45, 7) is 2.48. The molecule has 0 saturated heterocycles. The highest BCUT2D eigenvalue weighted by Crippen LogP contribution is 2.44. The van der Waals surface area contributed by atoms with Crippen LogP contribution in [0.3, 0.4) is 0 Å². The fraction of sp³-hybridized carbons (Fsp3) is 0.375. The first kappa shape index (κ1) is 26.3. The molecule has 0 aromatic heterocycles. The minimum atomic E-state index is -4.59. The van der Waals surface area contributed by atoms with Crippen molar-refractivity contribution in [3.8, 4) is 5.75 Å². The first-order chi connectivity index (χ1) is 16.3. The predicted octanol–water partition coefficient (Wildman–Crippen LogP) is 5.19. The van der Waals surface area contributed by atoms with E-state index in [1.807, 2.05) is 0 Å². The number of carbonyl (C=O) groups excluding carboxylic acids is 1. The molecule has 35 heavy (non-hydrogen) atoms.